The molecule has 1 aliphatic carbocycles. The second-order valence-electron chi connectivity index (χ2n) is 5.72. The van der Waals surface area contributed by atoms with Crippen molar-refractivity contribution in [2.75, 3.05) is 0 Å². The van der Waals surface area contributed by atoms with Crippen molar-refractivity contribution in [2.45, 2.75) is 51.0 Å². The van der Waals surface area contributed by atoms with E-state index >= 15 is 0 Å². The summed E-state index contributed by atoms with van der Waals surface area (Å²) in [6.45, 7) is 4.40. The molecule has 18 heavy (non-hydrogen) atoms. The molecule has 0 saturated heterocycles. The molecular weight excluding hydrogens is 240 g/mol. The van der Waals surface area contributed by atoms with Gasteiger partial charge in [-0.05, 0) is 24.5 Å². The summed E-state index contributed by atoms with van der Waals surface area (Å²) >= 11 is 1.81. The van der Waals surface area contributed by atoms with Crippen LogP contribution in [0.1, 0.15) is 56.0 Å². The number of hydrogen-bond donors (Lipinski definition) is 1. The van der Waals surface area contributed by atoms with Crippen LogP contribution in [0.4, 0.5) is 0 Å². The minimum Gasteiger partial charge on any atom is -0.321 e. The number of aromatic nitrogens is 1. The fourth-order valence-electron chi connectivity index (χ4n) is 2.89. The fraction of sp³-hybridized carbons (Fsp3) is 0.533. The van der Waals surface area contributed by atoms with E-state index in [1.165, 1.54) is 28.1 Å². The van der Waals surface area contributed by atoms with Crippen LogP contribution in [0.15, 0.2) is 18.2 Å². The molecule has 0 bridgehead atoms. The number of nitrogens with two attached hydrogens (primary N) is 1. The van der Waals surface area contributed by atoms with Gasteiger partial charge in [0.05, 0.1) is 15.2 Å². The first-order valence-corrected chi connectivity index (χ1v) is 7.61. The van der Waals surface area contributed by atoms with E-state index < -0.39 is 0 Å². The number of para-hydroxylation sites is 1. The van der Waals surface area contributed by atoms with E-state index in [2.05, 4.69) is 32.0 Å². The summed E-state index contributed by atoms with van der Waals surface area (Å²) in [6, 6.07) is 6.48. The lowest BCUT2D eigenvalue weighted by molar-refractivity contribution is 0.465. The maximum Gasteiger partial charge on any atom is 0.0964 e. The van der Waals surface area contributed by atoms with E-state index in [0.29, 0.717) is 5.92 Å². The Bertz CT molecular complexity index is 565. The van der Waals surface area contributed by atoms with Gasteiger partial charge >= 0.3 is 0 Å². The molecule has 0 unspecified atom stereocenters. The Labute approximate surface area is 112 Å². The molecule has 96 valence electrons. The fourth-order valence-corrected chi connectivity index (χ4v) is 3.89. The standard InChI is InChI=1S/C15H20N2S/c1-10(2)14-17-13-11(6-5-7-12(13)18-14)15(16)8-3-4-9-15/h5-7,10H,3-4,8-9,16H2,1-2H3. The Balaban J connectivity index is 2.17. The zero-order chi connectivity index (χ0) is 12.8. The summed E-state index contributed by atoms with van der Waals surface area (Å²) in [5.41, 5.74) is 8.87. The highest BCUT2D eigenvalue weighted by atomic mass is 32.1. The molecular formula is C15H20N2S. The Hall–Kier alpha value is -0.930. The number of hydrogen-bond acceptors (Lipinski definition) is 3. The van der Waals surface area contributed by atoms with Crippen LogP contribution in [0.3, 0.4) is 0 Å². The van der Waals surface area contributed by atoms with Crippen LogP contribution >= 0.6 is 11.3 Å². The first-order valence-electron chi connectivity index (χ1n) is 6.79. The second kappa shape index (κ2) is 4.32. The van der Waals surface area contributed by atoms with Crippen molar-refractivity contribution in [3.05, 3.63) is 28.8 Å². The van der Waals surface area contributed by atoms with Gasteiger partial charge in [0.1, 0.15) is 0 Å². The summed E-state index contributed by atoms with van der Waals surface area (Å²) in [4.78, 5) is 4.84. The van der Waals surface area contributed by atoms with Gasteiger partial charge in [-0.25, -0.2) is 4.98 Å². The maximum atomic E-state index is 6.60. The van der Waals surface area contributed by atoms with Gasteiger partial charge in [0.15, 0.2) is 0 Å². The third kappa shape index (κ3) is 1.86. The Morgan fingerprint density at radius 2 is 2.00 bits per heavy atom. The molecule has 2 nitrogen and oxygen atoms in total. The van der Waals surface area contributed by atoms with Crippen LogP contribution in [0, 0.1) is 0 Å². The number of nitrogens with zero attached hydrogens (tertiary/aromatic N) is 1. The first-order chi connectivity index (χ1) is 8.60. The lowest BCUT2D eigenvalue weighted by atomic mass is 9.89. The minimum absolute atomic E-state index is 0.137. The van der Waals surface area contributed by atoms with Gasteiger partial charge in [0, 0.05) is 11.5 Å². The van der Waals surface area contributed by atoms with E-state index in [4.69, 9.17) is 10.7 Å². The van der Waals surface area contributed by atoms with Crippen molar-refractivity contribution < 1.29 is 0 Å². The molecule has 0 atom stereocenters. The van der Waals surface area contributed by atoms with Crippen LogP contribution in [0.2, 0.25) is 0 Å². The summed E-state index contributed by atoms with van der Waals surface area (Å²) in [5, 5.41) is 1.22. The van der Waals surface area contributed by atoms with E-state index in [-0.39, 0.29) is 5.54 Å². The van der Waals surface area contributed by atoms with Crippen LogP contribution in [0.5, 0.6) is 0 Å². The van der Waals surface area contributed by atoms with Crippen LogP contribution in [-0.4, -0.2) is 4.98 Å². The number of rotatable bonds is 2. The summed E-state index contributed by atoms with van der Waals surface area (Å²) in [7, 11) is 0. The first kappa shape index (κ1) is 12.1. The van der Waals surface area contributed by atoms with Gasteiger partial charge in [-0.1, -0.05) is 38.8 Å². The third-order valence-electron chi connectivity index (χ3n) is 3.96. The summed E-state index contributed by atoms with van der Waals surface area (Å²) in [5.74, 6) is 0.493. The highest BCUT2D eigenvalue weighted by molar-refractivity contribution is 7.18. The predicted molar refractivity (Wildman–Crippen MR) is 78.0 cm³/mol. The van der Waals surface area contributed by atoms with E-state index in [9.17, 15) is 0 Å². The highest BCUT2D eigenvalue weighted by Crippen LogP contribution is 2.40. The Morgan fingerprint density at radius 1 is 1.28 bits per heavy atom. The molecule has 0 aliphatic heterocycles. The van der Waals surface area contributed by atoms with E-state index in [0.717, 1.165) is 18.4 Å². The van der Waals surface area contributed by atoms with E-state index in [1.807, 2.05) is 11.3 Å². The maximum absolute atomic E-state index is 6.60. The molecule has 0 radical (unpaired) electrons. The van der Waals surface area contributed by atoms with Crippen LogP contribution in [-0.2, 0) is 5.54 Å². The van der Waals surface area contributed by atoms with Crippen molar-refractivity contribution >= 4 is 21.6 Å². The molecule has 1 aromatic carbocycles. The number of benzene rings is 1. The molecule has 2 N–H and O–H groups in total. The van der Waals surface area contributed by atoms with Crippen molar-refractivity contribution in [3.63, 3.8) is 0 Å². The zero-order valence-corrected chi connectivity index (χ0v) is 11.9. The monoisotopic (exact) mass is 260 g/mol. The van der Waals surface area contributed by atoms with Gasteiger partial charge in [-0.15, -0.1) is 11.3 Å². The molecule has 2 aromatic rings. The molecule has 1 aromatic heterocycles. The zero-order valence-electron chi connectivity index (χ0n) is 11.1. The molecule has 0 amide bonds. The molecule has 1 heterocycles. The van der Waals surface area contributed by atoms with Crippen molar-refractivity contribution in [3.8, 4) is 0 Å². The number of thiazole rings is 1. The third-order valence-corrected chi connectivity index (χ3v) is 5.28. The van der Waals surface area contributed by atoms with Crippen molar-refractivity contribution in [1.29, 1.82) is 0 Å². The highest BCUT2D eigenvalue weighted by Gasteiger charge is 2.33. The van der Waals surface area contributed by atoms with Crippen molar-refractivity contribution in [2.24, 2.45) is 5.73 Å². The average molecular weight is 260 g/mol. The minimum atomic E-state index is -0.137. The van der Waals surface area contributed by atoms with Gasteiger partial charge in [-0.3, -0.25) is 0 Å². The van der Waals surface area contributed by atoms with E-state index in [1.54, 1.807) is 0 Å². The smallest absolute Gasteiger partial charge is 0.0964 e. The normalized spacial score (nSPS) is 18.9. The van der Waals surface area contributed by atoms with Crippen LogP contribution < -0.4 is 5.73 Å². The predicted octanol–water partition coefficient (Wildman–Crippen LogP) is 4.15. The molecule has 0 spiro atoms. The largest absolute Gasteiger partial charge is 0.321 e. The van der Waals surface area contributed by atoms with Gasteiger partial charge in [0.25, 0.3) is 0 Å². The van der Waals surface area contributed by atoms with Crippen LogP contribution in [0.25, 0.3) is 10.2 Å². The molecule has 1 fully saturated rings. The lowest BCUT2D eigenvalue weighted by Gasteiger charge is -2.24. The lowest BCUT2D eigenvalue weighted by Crippen LogP contribution is -2.33. The Kier molecular flexibility index (Phi) is 2.91. The quantitative estimate of drug-likeness (QED) is 0.881. The van der Waals surface area contributed by atoms with Crippen molar-refractivity contribution in [1.82, 2.24) is 4.98 Å². The SMILES string of the molecule is CC(C)c1nc2c(C3(N)CCCC3)cccc2s1. The van der Waals surface area contributed by atoms with Gasteiger partial charge in [-0.2, -0.15) is 0 Å². The number of fused-ring (bicyclic) bond motifs is 1. The molecule has 1 saturated carbocycles. The Morgan fingerprint density at radius 3 is 2.67 bits per heavy atom. The average Bonchev–Trinajstić information content (AvgIpc) is 2.94. The summed E-state index contributed by atoms with van der Waals surface area (Å²) in [6.07, 6.45) is 4.68. The molecule has 3 rings (SSSR count). The van der Waals surface area contributed by atoms with Gasteiger partial charge < -0.3 is 5.73 Å². The topological polar surface area (TPSA) is 38.9 Å². The second-order valence-corrected chi connectivity index (χ2v) is 6.78. The van der Waals surface area contributed by atoms with Gasteiger partial charge in [0.2, 0.25) is 0 Å². The molecule has 3 heteroatoms. The molecule has 1 aliphatic rings. The summed E-state index contributed by atoms with van der Waals surface area (Å²) < 4.78 is 1.29.